The number of hydrogen-bond donors (Lipinski definition) is 0. The molecular formula is C5H8F2O2. The van der Waals surface area contributed by atoms with Crippen LogP contribution in [0.3, 0.4) is 0 Å². The van der Waals surface area contributed by atoms with Gasteiger partial charge in [-0.15, -0.1) is 0 Å². The fourth-order valence-electron chi connectivity index (χ4n) is 0.733. The Hall–Kier alpha value is -0.220. The second-order valence-electron chi connectivity index (χ2n) is 1.96. The summed E-state index contributed by atoms with van der Waals surface area (Å²) in [6, 6.07) is 0. The molecule has 1 fully saturated rings. The van der Waals surface area contributed by atoms with E-state index < -0.39 is 18.6 Å². The second kappa shape index (κ2) is 2.58. The molecule has 0 amide bonds. The van der Waals surface area contributed by atoms with E-state index in [9.17, 15) is 8.78 Å². The van der Waals surface area contributed by atoms with E-state index in [1.54, 1.807) is 6.92 Å². The summed E-state index contributed by atoms with van der Waals surface area (Å²) in [7, 11) is 0. The normalized spacial score (nSPS) is 36.0. The fraction of sp³-hybridized carbons (Fsp3) is 1.00. The van der Waals surface area contributed by atoms with Crippen molar-refractivity contribution in [1.29, 1.82) is 0 Å². The minimum atomic E-state index is -2.43. The van der Waals surface area contributed by atoms with Crippen LogP contribution in [0.15, 0.2) is 0 Å². The van der Waals surface area contributed by atoms with Gasteiger partial charge in [0.15, 0.2) is 0 Å². The summed E-state index contributed by atoms with van der Waals surface area (Å²) >= 11 is 0. The molecule has 0 radical (unpaired) electrons. The average Bonchev–Trinajstić information content (AvgIpc) is 2.13. The van der Waals surface area contributed by atoms with Gasteiger partial charge in [-0.3, -0.25) is 0 Å². The molecule has 0 aromatic carbocycles. The van der Waals surface area contributed by atoms with Crippen molar-refractivity contribution >= 4 is 0 Å². The van der Waals surface area contributed by atoms with Crippen LogP contribution in [0, 0.1) is 0 Å². The van der Waals surface area contributed by atoms with E-state index in [4.69, 9.17) is 4.74 Å². The van der Waals surface area contributed by atoms with Gasteiger partial charge in [0.25, 0.3) is 6.43 Å². The third-order valence-electron chi connectivity index (χ3n) is 1.30. The Morgan fingerprint density at radius 3 is 2.33 bits per heavy atom. The second-order valence-corrected chi connectivity index (χ2v) is 1.96. The van der Waals surface area contributed by atoms with Crippen LogP contribution >= 0.6 is 0 Å². The van der Waals surface area contributed by atoms with Gasteiger partial charge < -0.3 is 9.47 Å². The number of alkyl halides is 2. The predicted molar refractivity (Wildman–Crippen MR) is 26.3 cm³/mol. The first-order valence-corrected chi connectivity index (χ1v) is 2.73. The SMILES string of the molecule is CC1OCOC1C(F)F. The minimum Gasteiger partial charge on any atom is -0.350 e. The van der Waals surface area contributed by atoms with Crippen LogP contribution in [0.1, 0.15) is 6.92 Å². The molecule has 4 heteroatoms. The molecule has 1 aliphatic heterocycles. The van der Waals surface area contributed by atoms with Gasteiger partial charge in [-0.05, 0) is 6.92 Å². The molecule has 2 nitrogen and oxygen atoms in total. The molecule has 2 unspecified atom stereocenters. The van der Waals surface area contributed by atoms with Crippen molar-refractivity contribution < 1.29 is 18.3 Å². The summed E-state index contributed by atoms with van der Waals surface area (Å²) in [6.45, 7) is 1.57. The van der Waals surface area contributed by atoms with Gasteiger partial charge in [0.2, 0.25) is 0 Å². The van der Waals surface area contributed by atoms with Crippen LogP contribution in [0.2, 0.25) is 0 Å². The van der Waals surface area contributed by atoms with Gasteiger partial charge in [0.05, 0.1) is 6.10 Å². The molecule has 0 N–H and O–H groups in total. The van der Waals surface area contributed by atoms with Crippen molar-refractivity contribution in [2.45, 2.75) is 25.6 Å². The van der Waals surface area contributed by atoms with E-state index in [0.29, 0.717) is 0 Å². The lowest BCUT2D eigenvalue weighted by atomic mass is 10.2. The summed E-state index contributed by atoms with van der Waals surface area (Å²) in [6.07, 6.45) is -3.92. The summed E-state index contributed by atoms with van der Waals surface area (Å²) in [5.41, 5.74) is 0. The smallest absolute Gasteiger partial charge is 0.267 e. The summed E-state index contributed by atoms with van der Waals surface area (Å²) in [5.74, 6) is 0. The van der Waals surface area contributed by atoms with Crippen molar-refractivity contribution in [1.82, 2.24) is 0 Å². The summed E-state index contributed by atoms with van der Waals surface area (Å²) < 4.78 is 32.8. The lowest BCUT2D eigenvalue weighted by Crippen LogP contribution is -2.26. The standard InChI is InChI=1S/C5H8F2O2/c1-3-4(5(6)7)9-2-8-3/h3-5H,2H2,1H3. The Morgan fingerprint density at radius 2 is 2.11 bits per heavy atom. The van der Waals surface area contributed by atoms with Gasteiger partial charge in [-0.2, -0.15) is 0 Å². The van der Waals surface area contributed by atoms with Crippen LogP contribution < -0.4 is 0 Å². The van der Waals surface area contributed by atoms with Crippen molar-refractivity contribution in [3.63, 3.8) is 0 Å². The number of ether oxygens (including phenoxy) is 2. The zero-order chi connectivity index (χ0) is 6.85. The van der Waals surface area contributed by atoms with E-state index in [1.807, 2.05) is 0 Å². The topological polar surface area (TPSA) is 18.5 Å². The van der Waals surface area contributed by atoms with Crippen LogP contribution in [0.4, 0.5) is 8.78 Å². The third-order valence-corrected chi connectivity index (χ3v) is 1.30. The van der Waals surface area contributed by atoms with Crippen molar-refractivity contribution in [2.24, 2.45) is 0 Å². The highest BCUT2D eigenvalue weighted by atomic mass is 19.3. The van der Waals surface area contributed by atoms with Crippen molar-refractivity contribution in [3.05, 3.63) is 0 Å². The maximum Gasteiger partial charge on any atom is 0.267 e. The molecule has 0 saturated carbocycles. The van der Waals surface area contributed by atoms with Gasteiger partial charge in [-0.1, -0.05) is 0 Å². The lowest BCUT2D eigenvalue weighted by Gasteiger charge is -2.09. The highest BCUT2D eigenvalue weighted by Gasteiger charge is 2.32. The molecule has 0 aromatic heterocycles. The summed E-state index contributed by atoms with van der Waals surface area (Å²) in [4.78, 5) is 0. The minimum absolute atomic E-state index is 0.00380. The number of hydrogen-bond acceptors (Lipinski definition) is 2. The summed E-state index contributed by atoms with van der Waals surface area (Å²) in [5, 5.41) is 0. The predicted octanol–water partition coefficient (Wildman–Crippen LogP) is 1.01. The maximum atomic E-state index is 11.8. The zero-order valence-corrected chi connectivity index (χ0v) is 5.01. The molecular weight excluding hydrogens is 130 g/mol. The van der Waals surface area contributed by atoms with E-state index in [1.165, 1.54) is 0 Å². The van der Waals surface area contributed by atoms with Crippen LogP contribution in [0.5, 0.6) is 0 Å². The van der Waals surface area contributed by atoms with Gasteiger partial charge in [0.1, 0.15) is 12.9 Å². The molecule has 0 spiro atoms. The fourth-order valence-corrected chi connectivity index (χ4v) is 0.733. The van der Waals surface area contributed by atoms with E-state index in [2.05, 4.69) is 4.74 Å². The quantitative estimate of drug-likeness (QED) is 0.538. The molecule has 1 rings (SSSR count). The lowest BCUT2D eigenvalue weighted by molar-refractivity contribution is -0.0290. The van der Waals surface area contributed by atoms with E-state index in [0.717, 1.165) is 0 Å². The Balaban J connectivity index is 2.40. The molecule has 1 heterocycles. The Bertz CT molecular complexity index is 97.0. The van der Waals surface area contributed by atoms with Gasteiger partial charge in [-0.25, -0.2) is 8.78 Å². The molecule has 0 aromatic rings. The zero-order valence-electron chi connectivity index (χ0n) is 5.01. The highest BCUT2D eigenvalue weighted by molar-refractivity contribution is 4.71. The van der Waals surface area contributed by atoms with Crippen molar-refractivity contribution in [2.75, 3.05) is 6.79 Å². The molecule has 1 saturated heterocycles. The molecule has 1 aliphatic rings. The maximum absolute atomic E-state index is 11.8. The molecule has 0 aliphatic carbocycles. The molecule has 9 heavy (non-hydrogen) atoms. The van der Waals surface area contributed by atoms with Gasteiger partial charge >= 0.3 is 0 Å². The van der Waals surface area contributed by atoms with Crippen LogP contribution in [0.25, 0.3) is 0 Å². The average molecular weight is 138 g/mol. The van der Waals surface area contributed by atoms with Crippen LogP contribution in [-0.4, -0.2) is 25.4 Å². The third kappa shape index (κ3) is 1.37. The van der Waals surface area contributed by atoms with Gasteiger partial charge in [0, 0.05) is 0 Å². The van der Waals surface area contributed by atoms with E-state index in [-0.39, 0.29) is 6.79 Å². The van der Waals surface area contributed by atoms with E-state index >= 15 is 0 Å². The first-order valence-electron chi connectivity index (χ1n) is 2.73. The van der Waals surface area contributed by atoms with Crippen molar-refractivity contribution in [3.8, 4) is 0 Å². The highest BCUT2D eigenvalue weighted by Crippen LogP contribution is 2.18. The molecule has 2 atom stereocenters. The Labute approximate surface area is 51.8 Å². The number of rotatable bonds is 1. The Kier molecular flexibility index (Phi) is 1.97. The molecule has 54 valence electrons. The first kappa shape index (κ1) is 6.89. The number of halogens is 2. The molecule has 0 bridgehead atoms. The van der Waals surface area contributed by atoms with Crippen LogP contribution in [-0.2, 0) is 9.47 Å². The first-order chi connectivity index (χ1) is 4.22. The monoisotopic (exact) mass is 138 g/mol. The Morgan fingerprint density at radius 1 is 1.44 bits per heavy atom. The largest absolute Gasteiger partial charge is 0.350 e.